The highest BCUT2D eigenvalue weighted by molar-refractivity contribution is 5.78. The number of amides is 1. The van der Waals surface area contributed by atoms with Gasteiger partial charge in [-0.3, -0.25) is 4.79 Å². The maximum absolute atomic E-state index is 12.0. The Hall–Kier alpha value is -1.75. The lowest BCUT2D eigenvalue weighted by molar-refractivity contribution is -0.120. The van der Waals surface area contributed by atoms with Crippen molar-refractivity contribution in [3.05, 3.63) is 23.8 Å². The molecule has 0 unspecified atom stereocenters. The van der Waals surface area contributed by atoms with E-state index in [9.17, 15) is 4.79 Å². The summed E-state index contributed by atoms with van der Waals surface area (Å²) in [6.45, 7) is 1.04. The van der Waals surface area contributed by atoms with Gasteiger partial charge in [-0.1, -0.05) is 31.7 Å². The van der Waals surface area contributed by atoms with Crippen molar-refractivity contribution < 1.29 is 14.3 Å². The van der Waals surface area contributed by atoms with Crippen LogP contribution in [0.15, 0.2) is 18.2 Å². The van der Waals surface area contributed by atoms with Gasteiger partial charge in [0.2, 0.25) is 5.91 Å². The molecular weight excluding hydrogens is 304 g/mol. The van der Waals surface area contributed by atoms with Gasteiger partial charge in [0.1, 0.15) is 0 Å². The zero-order valence-electron chi connectivity index (χ0n) is 14.9. The van der Waals surface area contributed by atoms with Crippen LogP contribution in [0.25, 0.3) is 0 Å². The number of carbonyl (C=O) groups is 1. The number of ether oxygens (including phenoxy) is 2. The summed E-state index contributed by atoms with van der Waals surface area (Å²) in [5.74, 6) is 1.51. The fraction of sp³-hybridized carbons (Fsp3) is 0.632. The second kappa shape index (κ2) is 10.2. The first-order valence-electron chi connectivity index (χ1n) is 8.94. The number of benzene rings is 1. The van der Waals surface area contributed by atoms with Crippen molar-refractivity contribution in [2.45, 2.75) is 51.0 Å². The van der Waals surface area contributed by atoms with Gasteiger partial charge >= 0.3 is 0 Å². The van der Waals surface area contributed by atoms with Crippen LogP contribution < -0.4 is 20.1 Å². The van der Waals surface area contributed by atoms with Gasteiger partial charge in [0.05, 0.1) is 20.8 Å². The first-order valence-corrected chi connectivity index (χ1v) is 8.94. The quantitative estimate of drug-likeness (QED) is 0.718. The van der Waals surface area contributed by atoms with E-state index in [4.69, 9.17) is 9.47 Å². The molecule has 0 saturated heterocycles. The van der Waals surface area contributed by atoms with Crippen LogP contribution in [0.2, 0.25) is 0 Å². The second-order valence-electron chi connectivity index (χ2n) is 6.36. The molecule has 5 heteroatoms. The van der Waals surface area contributed by atoms with E-state index in [0.717, 1.165) is 23.5 Å². The topological polar surface area (TPSA) is 59.6 Å². The minimum Gasteiger partial charge on any atom is -0.493 e. The molecule has 1 aromatic carbocycles. The summed E-state index contributed by atoms with van der Waals surface area (Å²) in [6, 6.07) is 6.35. The van der Waals surface area contributed by atoms with Crippen molar-refractivity contribution >= 4 is 5.91 Å². The van der Waals surface area contributed by atoms with Crippen LogP contribution in [0.5, 0.6) is 11.5 Å². The van der Waals surface area contributed by atoms with Crippen molar-refractivity contribution in [1.29, 1.82) is 0 Å². The molecule has 0 bridgehead atoms. The van der Waals surface area contributed by atoms with Crippen molar-refractivity contribution in [1.82, 2.24) is 10.6 Å². The molecule has 1 aliphatic rings. The van der Waals surface area contributed by atoms with Crippen LogP contribution in [0.1, 0.15) is 44.1 Å². The lowest BCUT2D eigenvalue weighted by Gasteiger charge is -2.16. The van der Waals surface area contributed by atoms with E-state index in [-0.39, 0.29) is 5.91 Å². The number of carbonyl (C=O) groups excluding carboxylic acids is 1. The third-order valence-corrected chi connectivity index (χ3v) is 4.59. The Kier molecular flexibility index (Phi) is 7.89. The molecule has 1 aromatic rings. The van der Waals surface area contributed by atoms with Crippen molar-refractivity contribution in [3.63, 3.8) is 0 Å². The first kappa shape index (κ1) is 18.6. The van der Waals surface area contributed by atoms with E-state index in [1.54, 1.807) is 14.2 Å². The summed E-state index contributed by atoms with van der Waals surface area (Å²) in [6.07, 6.45) is 8.37. The van der Waals surface area contributed by atoms with E-state index in [1.165, 1.54) is 38.5 Å². The van der Waals surface area contributed by atoms with Crippen LogP contribution in [0.4, 0.5) is 0 Å². The smallest absolute Gasteiger partial charge is 0.233 e. The van der Waals surface area contributed by atoms with Crippen molar-refractivity contribution in [2.24, 2.45) is 0 Å². The highest BCUT2D eigenvalue weighted by Gasteiger charge is 2.12. The summed E-state index contributed by atoms with van der Waals surface area (Å²) in [5.41, 5.74) is 1.12. The Labute approximate surface area is 145 Å². The molecule has 0 aromatic heterocycles. The number of hydrogen-bond acceptors (Lipinski definition) is 4. The number of methoxy groups -OCH3 is 2. The Morgan fingerprint density at radius 3 is 2.46 bits per heavy atom. The average molecular weight is 334 g/mol. The molecule has 0 heterocycles. The van der Waals surface area contributed by atoms with Gasteiger partial charge in [-0.05, 0) is 37.0 Å². The highest BCUT2D eigenvalue weighted by atomic mass is 16.5. The third kappa shape index (κ3) is 6.04. The molecule has 134 valence electrons. The lowest BCUT2D eigenvalue weighted by atomic mass is 10.1. The summed E-state index contributed by atoms with van der Waals surface area (Å²) >= 11 is 0. The zero-order valence-corrected chi connectivity index (χ0v) is 14.9. The molecule has 1 aliphatic carbocycles. The number of rotatable bonds is 8. The van der Waals surface area contributed by atoms with Gasteiger partial charge < -0.3 is 20.1 Å². The molecule has 1 amide bonds. The molecule has 0 atom stereocenters. The standard InChI is InChI=1S/C19H30N2O3/c1-23-17-10-9-15(13-18(17)24-2)11-12-20-19(22)14-21-16-7-5-3-4-6-8-16/h9-10,13,16,21H,3-8,11-12,14H2,1-2H3,(H,20,22). The van der Waals surface area contributed by atoms with Crippen LogP contribution in [-0.2, 0) is 11.2 Å². The maximum atomic E-state index is 12.0. The molecule has 0 spiro atoms. The molecule has 1 fully saturated rings. The Bertz CT molecular complexity index is 511. The van der Waals surface area contributed by atoms with Gasteiger partial charge in [0.25, 0.3) is 0 Å². The van der Waals surface area contributed by atoms with E-state index < -0.39 is 0 Å². The van der Waals surface area contributed by atoms with Gasteiger partial charge in [-0.15, -0.1) is 0 Å². The van der Waals surface area contributed by atoms with Gasteiger partial charge in [-0.25, -0.2) is 0 Å². The van der Waals surface area contributed by atoms with E-state index in [1.807, 2.05) is 18.2 Å². The van der Waals surface area contributed by atoms with E-state index >= 15 is 0 Å². The molecule has 2 N–H and O–H groups in total. The van der Waals surface area contributed by atoms with Gasteiger partial charge in [0.15, 0.2) is 11.5 Å². The minimum atomic E-state index is 0.0692. The van der Waals surface area contributed by atoms with Crippen LogP contribution >= 0.6 is 0 Å². The molecule has 24 heavy (non-hydrogen) atoms. The molecule has 2 rings (SSSR count). The average Bonchev–Trinajstić information content (AvgIpc) is 2.88. The predicted molar refractivity (Wildman–Crippen MR) is 95.8 cm³/mol. The van der Waals surface area contributed by atoms with Crippen LogP contribution in [-0.4, -0.2) is 39.3 Å². The molecule has 1 saturated carbocycles. The normalized spacial score (nSPS) is 15.6. The fourth-order valence-corrected chi connectivity index (χ4v) is 3.17. The summed E-state index contributed by atoms with van der Waals surface area (Å²) in [7, 11) is 3.25. The predicted octanol–water partition coefficient (Wildman–Crippen LogP) is 2.67. The van der Waals surface area contributed by atoms with Gasteiger partial charge in [0, 0.05) is 12.6 Å². The third-order valence-electron chi connectivity index (χ3n) is 4.59. The summed E-state index contributed by atoms with van der Waals surface area (Å²) in [4.78, 5) is 12.0. The monoisotopic (exact) mass is 334 g/mol. The number of hydrogen-bond donors (Lipinski definition) is 2. The number of nitrogens with one attached hydrogen (secondary N) is 2. The van der Waals surface area contributed by atoms with E-state index in [0.29, 0.717) is 19.1 Å². The van der Waals surface area contributed by atoms with Crippen LogP contribution in [0, 0.1) is 0 Å². The molecular formula is C19H30N2O3. The zero-order chi connectivity index (χ0) is 17.2. The summed E-state index contributed by atoms with van der Waals surface area (Å²) < 4.78 is 10.5. The summed E-state index contributed by atoms with van der Waals surface area (Å²) in [5, 5.41) is 6.37. The fourth-order valence-electron chi connectivity index (χ4n) is 3.17. The van der Waals surface area contributed by atoms with Gasteiger partial charge in [-0.2, -0.15) is 0 Å². The Balaban J connectivity index is 1.68. The Morgan fingerprint density at radius 2 is 1.79 bits per heavy atom. The molecule has 5 nitrogen and oxygen atoms in total. The minimum absolute atomic E-state index is 0.0692. The SMILES string of the molecule is COc1ccc(CCNC(=O)CNC2CCCCCC2)cc1OC. The molecule has 0 aliphatic heterocycles. The Morgan fingerprint density at radius 1 is 1.08 bits per heavy atom. The first-order chi connectivity index (χ1) is 11.7. The maximum Gasteiger partial charge on any atom is 0.233 e. The molecule has 0 radical (unpaired) electrons. The highest BCUT2D eigenvalue weighted by Crippen LogP contribution is 2.27. The lowest BCUT2D eigenvalue weighted by Crippen LogP contribution is -2.39. The second-order valence-corrected chi connectivity index (χ2v) is 6.36. The largest absolute Gasteiger partial charge is 0.493 e. The van der Waals surface area contributed by atoms with Crippen LogP contribution in [0.3, 0.4) is 0 Å². The van der Waals surface area contributed by atoms with Crippen molar-refractivity contribution in [3.8, 4) is 11.5 Å². The van der Waals surface area contributed by atoms with E-state index in [2.05, 4.69) is 10.6 Å². The van der Waals surface area contributed by atoms with Crippen molar-refractivity contribution in [2.75, 3.05) is 27.3 Å².